The standard InChI is InChI=1S/C23H37ClN4OS2/c1-27-19-6-7-21(27)22(20(16-19)17-2-4-18(24)5-3-17)23(29)26-9-12-28(13-15-31)11-8-25-10-14-30/h2-5,19-22,25,30-31H,6-16H2,1H3,(H,26,29)/t19?,20-,21?,22+/m1/s1. The average Bonchev–Trinajstić information content (AvgIpc) is 2.99. The third-order valence-electron chi connectivity index (χ3n) is 6.91. The molecule has 1 aromatic rings. The van der Waals surface area contributed by atoms with Crippen molar-refractivity contribution in [3.05, 3.63) is 34.9 Å². The lowest BCUT2D eigenvalue weighted by Gasteiger charge is -2.42. The van der Waals surface area contributed by atoms with Gasteiger partial charge in [0.2, 0.25) is 5.91 Å². The van der Waals surface area contributed by atoms with Gasteiger partial charge >= 0.3 is 0 Å². The summed E-state index contributed by atoms with van der Waals surface area (Å²) in [7, 11) is 2.19. The van der Waals surface area contributed by atoms with Crippen LogP contribution < -0.4 is 10.6 Å². The molecule has 8 heteroatoms. The number of hydrogen-bond acceptors (Lipinski definition) is 6. The zero-order chi connectivity index (χ0) is 22.2. The van der Waals surface area contributed by atoms with E-state index in [9.17, 15) is 4.79 Å². The van der Waals surface area contributed by atoms with Crippen molar-refractivity contribution < 1.29 is 4.79 Å². The molecule has 0 aromatic heterocycles. The molecule has 1 aromatic carbocycles. The van der Waals surface area contributed by atoms with Crippen molar-refractivity contribution >= 4 is 42.8 Å². The van der Waals surface area contributed by atoms with Gasteiger partial charge in [0.1, 0.15) is 0 Å². The summed E-state index contributed by atoms with van der Waals surface area (Å²) >= 11 is 14.7. The number of hydrogen-bond donors (Lipinski definition) is 4. The largest absolute Gasteiger partial charge is 0.355 e. The summed E-state index contributed by atoms with van der Waals surface area (Å²) in [6, 6.07) is 8.99. The summed E-state index contributed by atoms with van der Waals surface area (Å²) in [5, 5.41) is 7.39. The number of halogens is 1. The number of carbonyl (C=O) groups is 1. The highest BCUT2D eigenvalue weighted by Crippen LogP contribution is 2.46. The smallest absolute Gasteiger partial charge is 0.225 e. The van der Waals surface area contributed by atoms with Crippen molar-refractivity contribution in [1.29, 1.82) is 0 Å². The summed E-state index contributed by atoms with van der Waals surface area (Å²) < 4.78 is 0. The van der Waals surface area contributed by atoms with Crippen molar-refractivity contribution in [2.45, 2.75) is 37.3 Å². The topological polar surface area (TPSA) is 47.6 Å². The number of amides is 1. The molecule has 0 spiro atoms. The van der Waals surface area contributed by atoms with Gasteiger partial charge in [0.25, 0.3) is 0 Å². The lowest BCUT2D eigenvalue weighted by Crippen LogP contribution is -2.52. The van der Waals surface area contributed by atoms with Crippen LogP contribution in [-0.2, 0) is 4.79 Å². The Labute approximate surface area is 203 Å². The average molecular weight is 485 g/mol. The Morgan fingerprint density at radius 2 is 1.84 bits per heavy atom. The molecule has 4 atom stereocenters. The van der Waals surface area contributed by atoms with E-state index in [4.69, 9.17) is 11.6 Å². The minimum Gasteiger partial charge on any atom is -0.355 e. The summed E-state index contributed by atoms with van der Waals surface area (Å²) in [6.07, 6.45) is 3.32. The number of fused-ring (bicyclic) bond motifs is 2. The molecule has 31 heavy (non-hydrogen) atoms. The van der Waals surface area contributed by atoms with E-state index in [0.29, 0.717) is 18.6 Å². The Balaban J connectivity index is 1.59. The van der Waals surface area contributed by atoms with Crippen LogP contribution in [0.3, 0.4) is 0 Å². The van der Waals surface area contributed by atoms with E-state index in [1.165, 1.54) is 12.0 Å². The molecule has 5 nitrogen and oxygen atoms in total. The monoisotopic (exact) mass is 484 g/mol. The van der Waals surface area contributed by atoms with Crippen LogP contribution in [0, 0.1) is 5.92 Å². The van der Waals surface area contributed by atoms with Crippen LogP contribution in [0.4, 0.5) is 0 Å². The van der Waals surface area contributed by atoms with Gasteiger partial charge in [-0.3, -0.25) is 14.6 Å². The van der Waals surface area contributed by atoms with Crippen LogP contribution in [0.5, 0.6) is 0 Å². The highest BCUT2D eigenvalue weighted by atomic mass is 35.5. The van der Waals surface area contributed by atoms with Crippen molar-refractivity contribution in [3.8, 4) is 0 Å². The number of benzene rings is 1. The number of nitrogens with zero attached hydrogens (tertiary/aromatic N) is 2. The highest BCUT2D eigenvalue weighted by Gasteiger charge is 2.48. The van der Waals surface area contributed by atoms with Crippen molar-refractivity contribution in [1.82, 2.24) is 20.4 Å². The van der Waals surface area contributed by atoms with Crippen molar-refractivity contribution in [2.75, 3.05) is 57.8 Å². The van der Waals surface area contributed by atoms with Gasteiger partial charge in [-0.25, -0.2) is 0 Å². The molecule has 0 aliphatic carbocycles. The molecule has 2 saturated heterocycles. The van der Waals surface area contributed by atoms with E-state index in [1.807, 2.05) is 12.1 Å². The van der Waals surface area contributed by atoms with E-state index in [1.54, 1.807) is 0 Å². The molecular formula is C23H37ClN4OS2. The lowest BCUT2D eigenvalue weighted by atomic mass is 9.75. The first-order valence-electron chi connectivity index (χ1n) is 11.4. The third kappa shape index (κ3) is 6.78. The molecule has 0 radical (unpaired) electrons. The van der Waals surface area contributed by atoms with Crippen LogP contribution in [0.25, 0.3) is 0 Å². The van der Waals surface area contributed by atoms with Crippen LogP contribution >= 0.6 is 36.9 Å². The quantitative estimate of drug-likeness (QED) is 0.272. The van der Waals surface area contributed by atoms with E-state index in [0.717, 1.165) is 62.1 Å². The minimum atomic E-state index is -0.0136. The zero-order valence-electron chi connectivity index (χ0n) is 18.5. The second-order valence-electron chi connectivity index (χ2n) is 8.71. The maximum atomic E-state index is 13.4. The molecule has 2 fully saturated rings. The lowest BCUT2D eigenvalue weighted by molar-refractivity contribution is -0.129. The van der Waals surface area contributed by atoms with E-state index in [2.05, 4.69) is 64.9 Å². The Morgan fingerprint density at radius 1 is 1.10 bits per heavy atom. The third-order valence-corrected chi connectivity index (χ3v) is 7.58. The number of thiol groups is 2. The first-order valence-corrected chi connectivity index (χ1v) is 13.1. The highest BCUT2D eigenvalue weighted by molar-refractivity contribution is 7.80. The van der Waals surface area contributed by atoms with Crippen LogP contribution in [0.1, 0.15) is 30.7 Å². The predicted octanol–water partition coefficient (Wildman–Crippen LogP) is 2.77. The van der Waals surface area contributed by atoms with Crippen molar-refractivity contribution in [3.63, 3.8) is 0 Å². The Kier molecular flexibility index (Phi) is 10.3. The molecule has 0 saturated carbocycles. The van der Waals surface area contributed by atoms with Crippen LogP contribution in [-0.4, -0.2) is 85.6 Å². The fourth-order valence-electron chi connectivity index (χ4n) is 5.25. The van der Waals surface area contributed by atoms with E-state index in [-0.39, 0.29) is 17.7 Å². The summed E-state index contributed by atoms with van der Waals surface area (Å²) in [4.78, 5) is 18.2. The van der Waals surface area contributed by atoms with Gasteiger partial charge in [-0.15, -0.1) is 0 Å². The molecule has 2 heterocycles. The van der Waals surface area contributed by atoms with Gasteiger partial charge in [0.05, 0.1) is 5.92 Å². The summed E-state index contributed by atoms with van der Waals surface area (Å²) in [5.41, 5.74) is 1.24. The molecule has 1 amide bonds. The first-order chi connectivity index (χ1) is 15.0. The maximum absolute atomic E-state index is 13.4. The Morgan fingerprint density at radius 3 is 2.55 bits per heavy atom. The fourth-order valence-corrected chi connectivity index (χ4v) is 5.82. The van der Waals surface area contributed by atoms with Gasteiger partial charge in [-0.05, 0) is 49.9 Å². The molecule has 3 rings (SSSR count). The second kappa shape index (κ2) is 12.7. The number of rotatable bonds is 12. The van der Waals surface area contributed by atoms with Crippen molar-refractivity contribution in [2.24, 2.45) is 5.92 Å². The van der Waals surface area contributed by atoms with Gasteiger partial charge in [0.15, 0.2) is 0 Å². The number of nitrogens with one attached hydrogen (secondary N) is 2. The number of carbonyl (C=O) groups excluding carboxylic acids is 1. The van der Waals surface area contributed by atoms with Gasteiger partial charge in [0, 0.05) is 67.9 Å². The van der Waals surface area contributed by atoms with E-state index < -0.39 is 0 Å². The maximum Gasteiger partial charge on any atom is 0.225 e. The molecule has 2 unspecified atom stereocenters. The van der Waals surface area contributed by atoms with Gasteiger partial charge in [-0.2, -0.15) is 25.3 Å². The second-order valence-corrected chi connectivity index (χ2v) is 10.0. The minimum absolute atomic E-state index is 0.0136. The Hall–Kier alpha value is -0.440. The fraction of sp³-hybridized carbons (Fsp3) is 0.696. The predicted molar refractivity (Wildman–Crippen MR) is 137 cm³/mol. The molecule has 2 aliphatic rings. The normalized spacial score (nSPS) is 25.8. The summed E-state index contributed by atoms with van der Waals surface area (Å²) in [5.74, 6) is 2.09. The van der Waals surface area contributed by atoms with E-state index >= 15 is 0 Å². The first kappa shape index (κ1) is 25.2. The van der Waals surface area contributed by atoms with Crippen LogP contribution in [0.2, 0.25) is 5.02 Å². The number of piperidine rings is 1. The zero-order valence-corrected chi connectivity index (χ0v) is 21.0. The molecule has 2 aliphatic heterocycles. The molecule has 2 N–H and O–H groups in total. The van der Waals surface area contributed by atoms with Crippen LogP contribution in [0.15, 0.2) is 24.3 Å². The van der Waals surface area contributed by atoms with Gasteiger partial charge in [-0.1, -0.05) is 23.7 Å². The molecule has 2 bridgehead atoms. The Bertz CT molecular complexity index is 693. The molecule has 174 valence electrons. The SMILES string of the molecule is CN1C2CCC1[C@@H](C(=O)NCCN(CCS)CCNCCS)[C@@H](c1ccc(Cl)cc1)C2. The summed E-state index contributed by atoms with van der Waals surface area (Å²) in [6.45, 7) is 5.23. The molecular weight excluding hydrogens is 448 g/mol. The van der Waals surface area contributed by atoms with Gasteiger partial charge < -0.3 is 10.6 Å².